The lowest BCUT2D eigenvalue weighted by Crippen LogP contribution is -2.08. The Morgan fingerprint density at radius 2 is 1.32 bits per heavy atom. The molecule has 2 rings (SSSR count). The molecular formula is C15H14O2S2. The van der Waals surface area contributed by atoms with E-state index in [1.54, 1.807) is 47.8 Å². The molecule has 0 fully saturated rings. The van der Waals surface area contributed by atoms with Crippen LogP contribution in [0.3, 0.4) is 0 Å². The van der Waals surface area contributed by atoms with E-state index in [2.05, 4.69) is 0 Å². The van der Waals surface area contributed by atoms with E-state index in [1.165, 1.54) is 0 Å². The summed E-state index contributed by atoms with van der Waals surface area (Å²) >= 11 is 3.30. The van der Waals surface area contributed by atoms with Crippen LogP contribution in [0.2, 0.25) is 0 Å². The lowest BCUT2D eigenvalue weighted by Gasteiger charge is -2.05. The van der Waals surface area contributed by atoms with E-state index < -0.39 is 0 Å². The van der Waals surface area contributed by atoms with Crippen LogP contribution in [0.25, 0.3) is 0 Å². The van der Waals surface area contributed by atoms with Gasteiger partial charge >= 0.3 is 5.97 Å². The van der Waals surface area contributed by atoms with Crippen molar-refractivity contribution < 1.29 is 9.53 Å². The highest BCUT2D eigenvalue weighted by Gasteiger charge is 2.08. The number of hydrogen-bond donors (Lipinski definition) is 0. The van der Waals surface area contributed by atoms with Gasteiger partial charge in [0, 0.05) is 9.79 Å². The van der Waals surface area contributed by atoms with Gasteiger partial charge in [-0.15, -0.1) is 23.5 Å². The molecule has 4 heteroatoms. The van der Waals surface area contributed by atoms with Gasteiger partial charge in [0.15, 0.2) is 0 Å². The lowest BCUT2D eigenvalue weighted by atomic mass is 10.2. The van der Waals surface area contributed by atoms with Gasteiger partial charge in [-0.25, -0.2) is 4.79 Å². The van der Waals surface area contributed by atoms with Crippen molar-refractivity contribution in [3.05, 3.63) is 54.1 Å². The first-order valence-electron chi connectivity index (χ1n) is 5.73. The molecule has 0 radical (unpaired) electrons. The number of rotatable bonds is 4. The second-order valence-electron chi connectivity index (χ2n) is 3.79. The number of ether oxygens (including phenoxy) is 1. The summed E-state index contributed by atoms with van der Waals surface area (Å²) in [6.45, 7) is 0. The molecule has 0 aliphatic rings. The van der Waals surface area contributed by atoms with Crippen LogP contribution in [0.15, 0.2) is 58.3 Å². The Morgan fingerprint density at radius 1 is 0.842 bits per heavy atom. The van der Waals surface area contributed by atoms with E-state index in [-0.39, 0.29) is 5.97 Å². The largest absolute Gasteiger partial charge is 0.423 e. The summed E-state index contributed by atoms with van der Waals surface area (Å²) in [5, 5.41) is 0. The highest BCUT2D eigenvalue weighted by atomic mass is 32.2. The summed E-state index contributed by atoms with van der Waals surface area (Å²) in [7, 11) is 0. The molecule has 0 saturated heterocycles. The third-order valence-corrected chi connectivity index (χ3v) is 4.08. The predicted octanol–water partition coefficient (Wildman–Crippen LogP) is 4.35. The molecule has 0 saturated carbocycles. The maximum Gasteiger partial charge on any atom is 0.343 e. The predicted molar refractivity (Wildman–Crippen MR) is 81.4 cm³/mol. The standard InChI is InChI=1S/C15H14O2S2/c1-18-13-7-3-11(4-8-13)15(16)17-12-5-9-14(19-2)10-6-12/h3-10H,1-2H3. The third-order valence-electron chi connectivity index (χ3n) is 2.60. The van der Waals surface area contributed by atoms with E-state index in [1.807, 2.05) is 36.8 Å². The summed E-state index contributed by atoms with van der Waals surface area (Å²) in [5.74, 6) is 0.237. The first-order valence-corrected chi connectivity index (χ1v) is 8.18. The van der Waals surface area contributed by atoms with Gasteiger partial charge in [0.25, 0.3) is 0 Å². The molecule has 0 spiro atoms. The zero-order valence-corrected chi connectivity index (χ0v) is 12.4. The van der Waals surface area contributed by atoms with Crippen LogP contribution in [0.4, 0.5) is 0 Å². The number of esters is 1. The monoisotopic (exact) mass is 290 g/mol. The molecule has 0 unspecified atom stereocenters. The third kappa shape index (κ3) is 3.78. The fourth-order valence-corrected chi connectivity index (χ4v) is 2.35. The van der Waals surface area contributed by atoms with Gasteiger partial charge in [-0.2, -0.15) is 0 Å². The Morgan fingerprint density at radius 3 is 1.79 bits per heavy atom. The van der Waals surface area contributed by atoms with Crippen LogP contribution in [0, 0.1) is 0 Å². The molecule has 0 bridgehead atoms. The maximum absolute atomic E-state index is 11.9. The Balaban J connectivity index is 2.06. The van der Waals surface area contributed by atoms with Crippen LogP contribution in [0.5, 0.6) is 5.75 Å². The van der Waals surface area contributed by atoms with Gasteiger partial charge < -0.3 is 4.74 Å². The van der Waals surface area contributed by atoms with Crippen molar-refractivity contribution in [1.29, 1.82) is 0 Å². The molecule has 0 N–H and O–H groups in total. The van der Waals surface area contributed by atoms with Crippen molar-refractivity contribution in [1.82, 2.24) is 0 Å². The summed E-state index contributed by atoms with van der Waals surface area (Å²) in [6, 6.07) is 14.9. The van der Waals surface area contributed by atoms with Crippen LogP contribution < -0.4 is 4.74 Å². The summed E-state index contributed by atoms with van der Waals surface area (Å²) < 4.78 is 5.32. The first-order chi connectivity index (χ1) is 9.22. The van der Waals surface area contributed by atoms with Crippen molar-refractivity contribution in [2.24, 2.45) is 0 Å². The molecule has 2 nitrogen and oxygen atoms in total. The minimum absolute atomic E-state index is 0.329. The van der Waals surface area contributed by atoms with E-state index in [4.69, 9.17) is 4.74 Å². The van der Waals surface area contributed by atoms with E-state index in [9.17, 15) is 4.79 Å². The van der Waals surface area contributed by atoms with Crippen LogP contribution in [0.1, 0.15) is 10.4 Å². The molecule has 19 heavy (non-hydrogen) atoms. The molecule has 2 aromatic rings. The number of carbonyl (C=O) groups is 1. The van der Waals surface area contributed by atoms with Gasteiger partial charge in [-0.1, -0.05) is 0 Å². The summed E-state index contributed by atoms with van der Waals surface area (Å²) in [5.41, 5.74) is 0.562. The van der Waals surface area contributed by atoms with Gasteiger partial charge in [0.05, 0.1) is 5.56 Å². The van der Waals surface area contributed by atoms with Crippen molar-refractivity contribution in [2.75, 3.05) is 12.5 Å². The van der Waals surface area contributed by atoms with E-state index in [0.29, 0.717) is 11.3 Å². The summed E-state index contributed by atoms with van der Waals surface area (Å²) in [4.78, 5) is 14.2. The topological polar surface area (TPSA) is 26.3 Å². The average Bonchev–Trinajstić information content (AvgIpc) is 2.48. The van der Waals surface area contributed by atoms with Gasteiger partial charge in [0.2, 0.25) is 0 Å². The molecule has 98 valence electrons. The normalized spacial score (nSPS) is 10.2. The van der Waals surface area contributed by atoms with Crippen LogP contribution in [-0.4, -0.2) is 18.5 Å². The average molecular weight is 290 g/mol. The molecule has 0 aliphatic heterocycles. The van der Waals surface area contributed by atoms with Crippen molar-refractivity contribution in [3.8, 4) is 5.75 Å². The Kier molecular flexibility index (Phi) is 4.93. The summed E-state index contributed by atoms with van der Waals surface area (Å²) in [6.07, 6.45) is 4.01. The fraction of sp³-hybridized carbons (Fsp3) is 0.133. The number of benzene rings is 2. The Bertz CT molecular complexity index is 547. The number of carbonyl (C=O) groups excluding carboxylic acids is 1. The Hall–Kier alpha value is -1.39. The number of hydrogen-bond acceptors (Lipinski definition) is 4. The number of thioether (sulfide) groups is 2. The smallest absolute Gasteiger partial charge is 0.343 e. The maximum atomic E-state index is 11.9. The SMILES string of the molecule is CSc1ccc(OC(=O)c2ccc(SC)cc2)cc1. The molecular weight excluding hydrogens is 276 g/mol. The van der Waals surface area contributed by atoms with E-state index in [0.717, 1.165) is 9.79 Å². The fourth-order valence-electron chi connectivity index (χ4n) is 1.54. The highest BCUT2D eigenvalue weighted by molar-refractivity contribution is 7.98. The molecule has 0 aliphatic carbocycles. The zero-order chi connectivity index (χ0) is 13.7. The van der Waals surface area contributed by atoms with Crippen LogP contribution >= 0.6 is 23.5 Å². The highest BCUT2D eigenvalue weighted by Crippen LogP contribution is 2.20. The van der Waals surface area contributed by atoms with E-state index >= 15 is 0 Å². The minimum Gasteiger partial charge on any atom is -0.423 e. The molecule has 2 aromatic carbocycles. The van der Waals surface area contributed by atoms with Crippen molar-refractivity contribution in [2.45, 2.75) is 9.79 Å². The van der Waals surface area contributed by atoms with Crippen molar-refractivity contribution >= 4 is 29.5 Å². The molecule has 0 heterocycles. The molecule has 0 amide bonds. The minimum atomic E-state index is -0.329. The lowest BCUT2D eigenvalue weighted by molar-refractivity contribution is 0.0734. The van der Waals surface area contributed by atoms with Gasteiger partial charge in [0.1, 0.15) is 5.75 Å². The second-order valence-corrected chi connectivity index (χ2v) is 5.55. The van der Waals surface area contributed by atoms with Gasteiger partial charge in [-0.3, -0.25) is 0 Å². The molecule has 0 aromatic heterocycles. The quantitative estimate of drug-likeness (QED) is 0.475. The second kappa shape index (κ2) is 6.68. The molecule has 0 atom stereocenters. The Labute approximate surface area is 121 Å². The van der Waals surface area contributed by atoms with Crippen molar-refractivity contribution in [3.63, 3.8) is 0 Å². The zero-order valence-electron chi connectivity index (χ0n) is 10.8. The first kappa shape index (κ1) is 14.0. The van der Waals surface area contributed by atoms with Crippen LogP contribution in [-0.2, 0) is 0 Å². The van der Waals surface area contributed by atoms with Gasteiger partial charge in [-0.05, 0) is 61.0 Å².